The lowest BCUT2D eigenvalue weighted by atomic mass is 10.2. The molecule has 0 aromatic heterocycles. The minimum absolute atomic E-state index is 0.323. The van der Waals surface area contributed by atoms with Crippen molar-refractivity contribution in [3.8, 4) is 11.5 Å². The average Bonchev–Trinajstić information content (AvgIpc) is 2.54. The van der Waals surface area contributed by atoms with Gasteiger partial charge in [0.2, 0.25) is 0 Å². The third kappa shape index (κ3) is 1.70. The maximum Gasteiger partial charge on any atom is 0.122 e. The van der Waals surface area contributed by atoms with Gasteiger partial charge in [0.25, 0.3) is 0 Å². The first-order valence-electron chi connectivity index (χ1n) is 4.31. The van der Waals surface area contributed by atoms with Crippen molar-refractivity contribution in [1.82, 2.24) is 0 Å². The molecule has 0 spiro atoms. The quantitative estimate of drug-likeness (QED) is 0.641. The third-order valence-electron chi connectivity index (χ3n) is 1.67. The summed E-state index contributed by atoms with van der Waals surface area (Å²) in [4.78, 5) is 0. The number of hydrogen-bond acceptors (Lipinski definition) is 2. The van der Waals surface area contributed by atoms with Crippen LogP contribution in [0.5, 0.6) is 11.5 Å². The largest absolute Gasteiger partial charge is 0.508 e. The predicted octanol–water partition coefficient (Wildman–Crippen LogP) is 2.35. The van der Waals surface area contributed by atoms with Crippen molar-refractivity contribution in [2.75, 3.05) is 6.61 Å². The van der Waals surface area contributed by atoms with Crippen LogP contribution in [0.4, 0.5) is 0 Å². The van der Waals surface area contributed by atoms with Gasteiger partial charge in [-0.3, -0.25) is 0 Å². The second kappa shape index (κ2) is 4.00. The number of aromatic hydroxyl groups is 1. The van der Waals surface area contributed by atoms with E-state index in [-0.39, 0.29) is 0 Å². The monoisotopic (exact) mass is 166 g/mol. The molecule has 66 valence electrons. The number of phenolic OH excluding ortho intramolecular Hbond substituents is 1. The minimum Gasteiger partial charge on any atom is -0.508 e. The highest BCUT2D eigenvalue weighted by Crippen LogP contribution is 2.27. The fourth-order valence-electron chi connectivity index (χ4n) is 1.17. The molecule has 1 heterocycles. The lowest BCUT2D eigenvalue weighted by molar-refractivity contribution is 0.356. The maximum absolute atomic E-state index is 9.04. The van der Waals surface area contributed by atoms with E-state index in [0.717, 1.165) is 24.3 Å². The molecule has 1 aliphatic rings. The highest BCUT2D eigenvalue weighted by Gasteiger charge is 2.10. The van der Waals surface area contributed by atoms with Crippen LogP contribution in [0.1, 0.15) is 19.4 Å². The van der Waals surface area contributed by atoms with E-state index >= 15 is 0 Å². The molecule has 0 amide bonds. The molecular weight excluding hydrogens is 152 g/mol. The summed E-state index contributed by atoms with van der Waals surface area (Å²) in [6.07, 6.45) is 0.920. The number of phenols is 1. The van der Waals surface area contributed by atoms with Crippen LogP contribution < -0.4 is 4.74 Å². The Morgan fingerprint density at radius 1 is 1.33 bits per heavy atom. The van der Waals surface area contributed by atoms with E-state index in [9.17, 15) is 0 Å². The molecule has 2 nitrogen and oxygen atoms in total. The van der Waals surface area contributed by atoms with Crippen molar-refractivity contribution in [3.05, 3.63) is 23.8 Å². The molecule has 2 rings (SSSR count). The normalized spacial score (nSPS) is 12.5. The molecule has 0 saturated heterocycles. The van der Waals surface area contributed by atoms with Gasteiger partial charge in [-0.2, -0.15) is 0 Å². The van der Waals surface area contributed by atoms with E-state index in [1.807, 2.05) is 13.8 Å². The van der Waals surface area contributed by atoms with Crippen LogP contribution in [0.25, 0.3) is 0 Å². The SMILES string of the molecule is CC.Oc1ccc2c(c1)CCO2. The molecule has 1 N–H and O–H groups in total. The Balaban J connectivity index is 0.000000336. The first kappa shape index (κ1) is 8.91. The van der Waals surface area contributed by atoms with Gasteiger partial charge >= 0.3 is 0 Å². The molecule has 0 unspecified atom stereocenters. The number of rotatable bonds is 0. The molecule has 12 heavy (non-hydrogen) atoms. The smallest absolute Gasteiger partial charge is 0.122 e. The summed E-state index contributed by atoms with van der Waals surface area (Å²) in [6, 6.07) is 5.20. The van der Waals surface area contributed by atoms with Crippen LogP contribution >= 0.6 is 0 Å². The van der Waals surface area contributed by atoms with E-state index < -0.39 is 0 Å². The van der Waals surface area contributed by atoms with E-state index in [4.69, 9.17) is 9.84 Å². The molecular formula is C10H14O2. The van der Waals surface area contributed by atoms with Gasteiger partial charge in [0, 0.05) is 12.0 Å². The van der Waals surface area contributed by atoms with Gasteiger partial charge in [0.15, 0.2) is 0 Å². The van der Waals surface area contributed by atoms with E-state index in [1.165, 1.54) is 0 Å². The Bertz CT molecular complexity index is 256. The average molecular weight is 166 g/mol. The second-order valence-corrected chi connectivity index (χ2v) is 2.39. The van der Waals surface area contributed by atoms with Crippen molar-refractivity contribution in [3.63, 3.8) is 0 Å². The molecule has 1 aliphatic heterocycles. The van der Waals surface area contributed by atoms with Gasteiger partial charge < -0.3 is 9.84 Å². The summed E-state index contributed by atoms with van der Waals surface area (Å²) >= 11 is 0. The zero-order valence-electron chi connectivity index (χ0n) is 7.50. The first-order chi connectivity index (χ1) is 5.86. The molecule has 0 aliphatic carbocycles. The van der Waals surface area contributed by atoms with Gasteiger partial charge in [-0.25, -0.2) is 0 Å². The van der Waals surface area contributed by atoms with Gasteiger partial charge in [-0.05, 0) is 18.2 Å². The summed E-state index contributed by atoms with van der Waals surface area (Å²) in [5, 5.41) is 9.04. The lowest BCUT2D eigenvalue weighted by Gasteiger charge is -1.96. The molecule has 0 saturated carbocycles. The van der Waals surface area contributed by atoms with Crippen molar-refractivity contribution in [1.29, 1.82) is 0 Å². The highest BCUT2D eigenvalue weighted by atomic mass is 16.5. The maximum atomic E-state index is 9.04. The van der Waals surface area contributed by atoms with Crippen molar-refractivity contribution >= 4 is 0 Å². The summed E-state index contributed by atoms with van der Waals surface area (Å²) in [5.41, 5.74) is 1.11. The van der Waals surface area contributed by atoms with E-state index in [0.29, 0.717) is 5.75 Å². The molecule has 1 aromatic carbocycles. The van der Waals surface area contributed by atoms with Crippen molar-refractivity contribution in [2.45, 2.75) is 20.3 Å². The number of fused-ring (bicyclic) bond motifs is 1. The standard InChI is InChI=1S/C8H8O2.C2H6/c9-7-1-2-8-6(5-7)3-4-10-8;1-2/h1-2,5,9H,3-4H2;1-2H3. The second-order valence-electron chi connectivity index (χ2n) is 2.39. The molecule has 0 atom stereocenters. The first-order valence-corrected chi connectivity index (χ1v) is 4.31. The van der Waals surface area contributed by atoms with Gasteiger partial charge in [0.1, 0.15) is 11.5 Å². The van der Waals surface area contributed by atoms with Crippen LogP contribution in [0.3, 0.4) is 0 Å². The Morgan fingerprint density at radius 2 is 2.08 bits per heavy atom. The molecule has 0 fully saturated rings. The molecule has 1 aromatic rings. The fourth-order valence-corrected chi connectivity index (χ4v) is 1.17. The number of hydrogen-bond donors (Lipinski definition) is 1. The van der Waals surface area contributed by atoms with Gasteiger partial charge in [-0.15, -0.1) is 0 Å². The Morgan fingerprint density at radius 3 is 2.83 bits per heavy atom. The summed E-state index contributed by atoms with van der Waals surface area (Å²) in [5.74, 6) is 1.24. The molecule has 2 heteroatoms. The van der Waals surface area contributed by atoms with Crippen LogP contribution in [0.2, 0.25) is 0 Å². The highest BCUT2D eigenvalue weighted by molar-refractivity contribution is 5.41. The lowest BCUT2D eigenvalue weighted by Crippen LogP contribution is -1.85. The third-order valence-corrected chi connectivity index (χ3v) is 1.67. The van der Waals surface area contributed by atoms with Crippen LogP contribution in [-0.4, -0.2) is 11.7 Å². The van der Waals surface area contributed by atoms with Crippen LogP contribution in [0, 0.1) is 0 Å². The van der Waals surface area contributed by atoms with Gasteiger partial charge in [-0.1, -0.05) is 13.8 Å². The van der Waals surface area contributed by atoms with Crippen molar-refractivity contribution < 1.29 is 9.84 Å². The van der Waals surface area contributed by atoms with E-state index in [1.54, 1.807) is 18.2 Å². The Labute approximate surface area is 72.8 Å². The summed E-state index contributed by atoms with van der Waals surface area (Å²) in [6.45, 7) is 4.75. The zero-order chi connectivity index (χ0) is 8.97. The number of ether oxygens (including phenoxy) is 1. The zero-order valence-corrected chi connectivity index (χ0v) is 7.50. The topological polar surface area (TPSA) is 29.5 Å². The van der Waals surface area contributed by atoms with Crippen molar-refractivity contribution in [2.24, 2.45) is 0 Å². The fraction of sp³-hybridized carbons (Fsp3) is 0.400. The predicted molar refractivity (Wildman–Crippen MR) is 48.7 cm³/mol. The van der Waals surface area contributed by atoms with E-state index in [2.05, 4.69) is 0 Å². The Hall–Kier alpha value is -1.18. The summed E-state index contributed by atoms with van der Waals surface area (Å²) < 4.78 is 5.24. The summed E-state index contributed by atoms with van der Waals surface area (Å²) in [7, 11) is 0. The van der Waals surface area contributed by atoms with Gasteiger partial charge in [0.05, 0.1) is 6.61 Å². The minimum atomic E-state index is 0.323. The molecule has 0 bridgehead atoms. The van der Waals surface area contributed by atoms with Crippen LogP contribution in [-0.2, 0) is 6.42 Å². The number of benzene rings is 1. The Kier molecular flexibility index (Phi) is 2.97. The molecule has 0 radical (unpaired) electrons. The van der Waals surface area contributed by atoms with Crippen LogP contribution in [0.15, 0.2) is 18.2 Å².